The number of nitrogens with zero attached hydrogens (tertiary/aromatic N) is 1. The first-order chi connectivity index (χ1) is 4.66. The van der Waals surface area contributed by atoms with Crippen LogP contribution in [0, 0.1) is 0 Å². The van der Waals surface area contributed by atoms with Crippen molar-refractivity contribution in [2.45, 2.75) is 13.3 Å². The standard InChI is InChI=1S/C7H9NO2/c1-3-5-4-6(9)8(2)7(5)10/h3H,4H2,1-2H3. The van der Waals surface area contributed by atoms with Crippen molar-refractivity contribution >= 4 is 11.8 Å². The average Bonchev–Trinajstić information content (AvgIpc) is 2.17. The summed E-state index contributed by atoms with van der Waals surface area (Å²) in [6.45, 7) is 1.76. The zero-order valence-corrected chi connectivity index (χ0v) is 6.05. The number of hydrogen-bond acceptors (Lipinski definition) is 2. The highest BCUT2D eigenvalue weighted by atomic mass is 16.2. The van der Waals surface area contributed by atoms with Gasteiger partial charge >= 0.3 is 0 Å². The average molecular weight is 139 g/mol. The lowest BCUT2D eigenvalue weighted by Crippen LogP contribution is -2.23. The maximum absolute atomic E-state index is 11.0. The number of carbonyl (C=O) groups excluding carboxylic acids is 2. The Bertz CT molecular complexity index is 218. The van der Waals surface area contributed by atoms with E-state index >= 15 is 0 Å². The van der Waals surface area contributed by atoms with Crippen LogP contribution >= 0.6 is 0 Å². The monoisotopic (exact) mass is 139 g/mol. The third-order valence-electron chi connectivity index (χ3n) is 1.64. The number of likely N-dealkylation sites (tertiary alicyclic amines) is 1. The van der Waals surface area contributed by atoms with Crippen LogP contribution in [0.15, 0.2) is 11.6 Å². The molecule has 1 rings (SSSR count). The second kappa shape index (κ2) is 2.25. The third kappa shape index (κ3) is 0.835. The molecule has 0 radical (unpaired) electrons. The molecule has 1 saturated heterocycles. The highest BCUT2D eigenvalue weighted by Gasteiger charge is 2.29. The van der Waals surface area contributed by atoms with E-state index in [9.17, 15) is 9.59 Å². The van der Waals surface area contributed by atoms with Gasteiger partial charge in [-0.15, -0.1) is 0 Å². The Hall–Kier alpha value is -1.12. The number of allylic oxidation sites excluding steroid dienone is 1. The van der Waals surface area contributed by atoms with Gasteiger partial charge in [-0.05, 0) is 6.92 Å². The molecule has 0 bridgehead atoms. The predicted molar refractivity (Wildman–Crippen MR) is 36.2 cm³/mol. The Morgan fingerprint density at radius 1 is 1.50 bits per heavy atom. The van der Waals surface area contributed by atoms with Crippen LogP contribution in [0.5, 0.6) is 0 Å². The minimum Gasteiger partial charge on any atom is -0.282 e. The van der Waals surface area contributed by atoms with E-state index in [-0.39, 0.29) is 18.2 Å². The van der Waals surface area contributed by atoms with Crippen LogP contribution in [0.2, 0.25) is 0 Å². The SMILES string of the molecule is CC=C1CC(=O)N(C)C1=O. The fourth-order valence-corrected chi connectivity index (χ4v) is 0.911. The number of likely N-dealkylation sites (N-methyl/N-ethyl adjacent to an activating group) is 1. The van der Waals surface area contributed by atoms with Crippen molar-refractivity contribution in [1.82, 2.24) is 4.90 Å². The molecule has 10 heavy (non-hydrogen) atoms. The smallest absolute Gasteiger partial charge is 0.256 e. The van der Waals surface area contributed by atoms with E-state index < -0.39 is 0 Å². The molecule has 54 valence electrons. The molecule has 1 heterocycles. The molecule has 0 N–H and O–H groups in total. The quantitative estimate of drug-likeness (QED) is 0.358. The topological polar surface area (TPSA) is 37.4 Å². The number of imide groups is 1. The summed E-state index contributed by atoms with van der Waals surface area (Å²) in [4.78, 5) is 22.9. The first kappa shape index (κ1) is 6.99. The fraction of sp³-hybridized carbons (Fsp3) is 0.429. The molecular formula is C7H9NO2. The Labute approximate surface area is 59.3 Å². The van der Waals surface area contributed by atoms with Crippen LogP contribution in [0.1, 0.15) is 13.3 Å². The molecule has 0 aromatic carbocycles. The normalized spacial score (nSPS) is 23.0. The molecule has 0 saturated carbocycles. The van der Waals surface area contributed by atoms with Crippen molar-refractivity contribution in [3.05, 3.63) is 11.6 Å². The second-order valence-electron chi connectivity index (χ2n) is 2.25. The van der Waals surface area contributed by atoms with Gasteiger partial charge in [0.15, 0.2) is 0 Å². The molecule has 0 aromatic rings. The van der Waals surface area contributed by atoms with Gasteiger partial charge in [-0.25, -0.2) is 0 Å². The molecule has 1 aliphatic rings. The summed E-state index contributed by atoms with van der Waals surface area (Å²) in [5, 5.41) is 0. The number of hydrogen-bond donors (Lipinski definition) is 0. The minimum atomic E-state index is -0.160. The molecule has 1 aliphatic heterocycles. The molecular weight excluding hydrogens is 130 g/mol. The van der Waals surface area contributed by atoms with Gasteiger partial charge in [0, 0.05) is 12.6 Å². The first-order valence-electron chi connectivity index (χ1n) is 3.13. The maximum Gasteiger partial charge on any atom is 0.256 e. The van der Waals surface area contributed by atoms with Crippen molar-refractivity contribution in [3.63, 3.8) is 0 Å². The summed E-state index contributed by atoms with van der Waals surface area (Å²) in [7, 11) is 1.50. The van der Waals surface area contributed by atoms with E-state index in [1.165, 1.54) is 7.05 Å². The van der Waals surface area contributed by atoms with E-state index in [1.54, 1.807) is 13.0 Å². The highest BCUT2D eigenvalue weighted by molar-refractivity contribution is 6.12. The molecule has 1 fully saturated rings. The Balaban J connectivity index is 2.92. The van der Waals surface area contributed by atoms with Crippen LogP contribution in [-0.2, 0) is 9.59 Å². The van der Waals surface area contributed by atoms with Crippen molar-refractivity contribution in [1.29, 1.82) is 0 Å². The zero-order chi connectivity index (χ0) is 7.72. The van der Waals surface area contributed by atoms with E-state index in [1.807, 2.05) is 0 Å². The lowest BCUT2D eigenvalue weighted by atomic mass is 10.2. The Morgan fingerprint density at radius 3 is 2.30 bits per heavy atom. The van der Waals surface area contributed by atoms with Gasteiger partial charge in [0.25, 0.3) is 5.91 Å². The van der Waals surface area contributed by atoms with Crippen LogP contribution in [0.4, 0.5) is 0 Å². The van der Waals surface area contributed by atoms with Crippen molar-refractivity contribution in [2.24, 2.45) is 0 Å². The summed E-state index contributed by atoms with van der Waals surface area (Å²) in [6.07, 6.45) is 1.95. The Kier molecular flexibility index (Phi) is 1.57. The molecule has 0 unspecified atom stereocenters. The largest absolute Gasteiger partial charge is 0.282 e. The van der Waals surface area contributed by atoms with Gasteiger partial charge in [-0.1, -0.05) is 6.08 Å². The summed E-state index contributed by atoms with van der Waals surface area (Å²) < 4.78 is 0. The van der Waals surface area contributed by atoms with Crippen molar-refractivity contribution in [3.8, 4) is 0 Å². The highest BCUT2D eigenvalue weighted by Crippen LogP contribution is 2.15. The van der Waals surface area contributed by atoms with Gasteiger partial charge < -0.3 is 0 Å². The fourth-order valence-electron chi connectivity index (χ4n) is 0.911. The van der Waals surface area contributed by atoms with Crippen LogP contribution in [0.3, 0.4) is 0 Å². The molecule has 3 nitrogen and oxygen atoms in total. The van der Waals surface area contributed by atoms with Gasteiger partial charge in [-0.3, -0.25) is 14.5 Å². The summed E-state index contributed by atoms with van der Waals surface area (Å²) in [5.41, 5.74) is 0.604. The van der Waals surface area contributed by atoms with Crippen molar-refractivity contribution in [2.75, 3.05) is 7.05 Å². The van der Waals surface area contributed by atoms with E-state index in [4.69, 9.17) is 0 Å². The number of amides is 2. The van der Waals surface area contributed by atoms with Crippen molar-refractivity contribution < 1.29 is 9.59 Å². The molecule has 0 spiro atoms. The van der Waals surface area contributed by atoms with Crippen LogP contribution < -0.4 is 0 Å². The lowest BCUT2D eigenvalue weighted by molar-refractivity contribution is -0.135. The van der Waals surface area contributed by atoms with Gasteiger partial charge in [-0.2, -0.15) is 0 Å². The van der Waals surface area contributed by atoms with Crippen LogP contribution in [0.25, 0.3) is 0 Å². The molecule has 3 heteroatoms. The van der Waals surface area contributed by atoms with E-state index in [0.717, 1.165) is 4.90 Å². The minimum absolute atomic E-state index is 0.113. The Morgan fingerprint density at radius 2 is 2.10 bits per heavy atom. The molecule has 0 aliphatic carbocycles. The van der Waals surface area contributed by atoms with E-state index in [0.29, 0.717) is 5.57 Å². The summed E-state index contributed by atoms with van der Waals surface area (Å²) >= 11 is 0. The zero-order valence-electron chi connectivity index (χ0n) is 6.05. The summed E-state index contributed by atoms with van der Waals surface area (Å²) in [5.74, 6) is -0.273. The third-order valence-corrected chi connectivity index (χ3v) is 1.64. The maximum atomic E-state index is 11.0. The second-order valence-corrected chi connectivity index (χ2v) is 2.25. The lowest BCUT2D eigenvalue weighted by Gasteiger charge is -2.01. The van der Waals surface area contributed by atoms with Gasteiger partial charge in [0.1, 0.15) is 0 Å². The summed E-state index contributed by atoms with van der Waals surface area (Å²) in [6, 6.07) is 0. The predicted octanol–water partition coefficient (Wildman–Crippen LogP) is 0.321. The molecule has 0 atom stereocenters. The van der Waals surface area contributed by atoms with Gasteiger partial charge in [0.05, 0.1) is 6.42 Å². The number of carbonyl (C=O) groups is 2. The van der Waals surface area contributed by atoms with Crippen LogP contribution in [-0.4, -0.2) is 23.8 Å². The number of rotatable bonds is 0. The van der Waals surface area contributed by atoms with E-state index in [2.05, 4.69) is 0 Å². The first-order valence-corrected chi connectivity index (χ1v) is 3.13. The molecule has 2 amide bonds. The van der Waals surface area contributed by atoms with Gasteiger partial charge in [0.2, 0.25) is 5.91 Å². The molecule has 0 aromatic heterocycles.